The topological polar surface area (TPSA) is 46.3 Å². The summed E-state index contributed by atoms with van der Waals surface area (Å²) in [5.74, 6) is -0.449. The first-order valence-electron chi connectivity index (χ1n) is 5.47. The lowest BCUT2D eigenvalue weighted by Gasteiger charge is -2.37. The van der Waals surface area contributed by atoms with E-state index in [1.54, 1.807) is 18.0 Å². The van der Waals surface area contributed by atoms with Crippen LogP contribution in [0.3, 0.4) is 0 Å². The zero-order valence-electron chi connectivity index (χ0n) is 9.49. The predicted octanol–water partition coefficient (Wildman–Crippen LogP) is 2.10. The van der Waals surface area contributed by atoms with E-state index in [0.717, 1.165) is 0 Å². The van der Waals surface area contributed by atoms with E-state index in [1.165, 1.54) is 12.1 Å². The van der Waals surface area contributed by atoms with Gasteiger partial charge in [-0.2, -0.15) is 0 Å². The minimum atomic E-state index is -0.484. The number of carbonyl (C=O) groups excluding carboxylic acids is 1. The van der Waals surface area contributed by atoms with E-state index in [4.69, 9.17) is 17.3 Å². The molecule has 1 aromatic carbocycles. The van der Waals surface area contributed by atoms with Gasteiger partial charge in [0, 0.05) is 19.5 Å². The Balaban J connectivity index is 2.36. The molecule has 5 heteroatoms. The second-order valence-electron chi connectivity index (χ2n) is 4.33. The van der Waals surface area contributed by atoms with Crippen molar-refractivity contribution in [2.45, 2.75) is 24.9 Å². The molecule has 0 aliphatic carbocycles. The summed E-state index contributed by atoms with van der Waals surface area (Å²) in [7, 11) is 1.69. The van der Waals surface area contributed by atoms with Crippen LogP contribution >= 0.6 is 11.6 Å². The third-order valence-electron chi connectivity index (χ3n) is 3.19. The molecule has 1 amide bonds. The Morgan fingerprint density at radius 2 is 2.24 bits per heavy atom. The Morgan fingerprint density at radius 1 is 1.53 bits per heavy atom. The summed E-state index contributed by atoms with van der Waals surface area (Å²) in [6.07, 6.45) is 1.07. The van der Waals surface area contributed by atoms with Crippen molar-refractivity contribution >= 4 is 17.5 Å². The predicted molar refractivity (Wildman–Crippen MR) is 64.1 cm³/mol. The van der Waals surface area contributed by atoms with Crippen LogP contribution in [0.15, 0.2) is 18.2 Å². The molecule has 0 spiro atoms. The Kier molecular flexibility index (Phi) is 3.35. The van der Waals surface area contributed by atoms with Gasteiger partial charge in [-0.25, -0.2) is 4.39 Å². The minimum Gasteiger partial charge on any atom is -0.337 e. The molecule has 1 aliphatic heterocycles. The molecule has 1 fully saturated rings. The zero-order chi connectivity index (χ0) is 12.6. The standard InChI is InChI=1S/C12H14ClFN2O/c1-16-11(17)5-4-10(15)12(16)7-2-3-8(13)9(14)6-7/h2-3,6,10,12H,4-5,15H2,1H3. The second-order valence-corrected chi connectivity index (χ2v) is 4.73. The number of rotatable bonds is 1. The number of likely N-dealkylation sites (N-methyl/N-ethyl adjacent to an activating group) is 1. The number of nitrogens with two attached hydrogens (primary N) is 1. The van der Waals surface area contributed by atoms with Gasteiger partial charge in [-0.1, -0.05) is 17.7 Å². The summed E-state index contributed by atoms with van der Waals surface area (Å²) in [6.45, 7) is 0. The number of carbonyl (C=O) groups is 1. The fourth-order valence-electron chi connectivity index (χ4n) is 2.23. The van der Waals surface area contributed by atoms with Gasteiger partial charge < -0.3 is 10.6 Å². The van der Waals surface area contributed by atoms with Crippen LogP contribution in [-0.4, -0.2) is 23.9 Å². The lowest BCUT2D eigenvalue weighted by atomic mass is 9.91. The van der Waals surface area contributed by atoms with E-state index >= 15 is 0 Å². The van der Waals surface area contributed by atoms with Gasteiger partial charge in [0.2, 0.25) is 5.91 Å². The van der Waals surface area contributed by atoms with Gasteiger partial charge >= 0.3 is 0 Å². The Labute approximate surface area is 104 Å². The van der Waals surface area contributed by atoms with Crippen molar-refractivity contribution in [3.63, 3.8) is 0 Å². The molecule has 0 bridgehead atoms. The molecule has 17 heavy (non-hydrogen) atoms. The number of piperidine rings is 1. The molecule has 2 N–H and O–H groups in total. The van der Waals surface area contributed by atoms with Crippen LogP contribution < -0.4 is 5.73 Å². The van der Waals surface area contributed by atoms with Crippen molar-refractivity contribution in [2.75, 3.05) is 7.05 Å². The minimum absolute atomic E-state index is 0.0343. The Bertz CT molecular complexity index is 452. The third kappa shape index (κ3) is 2.28. The molecule has 1 aliphatic rings. The first-order valence-corrected chi connectivity index (χ1v) is 5.84. The molecule has 1 heterocycles. The summed E-state index contributed by atoms with van der Waals surface area (Å²) in [4.78, 5) is 13.2. The Morgan fingerprint density at radius 3 is 2.88 bits per heavy atom. The molecule has 92 valence electrons. The molecular weight excluding hydrogens is 243 g/mol. The van der Waals surface area contributed by atoms with Crippen LogP contribution in [-0.2, 0) is 4.79 Å². The quantitative estimate of drug-likeness (QED) is 0.836. The third-order valence-corrected chi connectivity index (χ3v) is 3.50. The first-order chi connectivity index (χ1) is 8.00. The largest absolute Gasteiger partial charge is 0.337 e. The average Bonchev–Trinajstić information content (AvgIpc) is 2.29. The van der Waals surface area contributed by atoms with Crippen LogP contribution in [0.5, 0.6) is 0 Å². The monoisotopic (exact) mass is 256 g/mol. The van der Waals surface area contributed by atoms with Gasteiger partial charge in [0.25, 0.3) is 0 Å². The van der Waals surface area contributed by atoms with Gasteiger partial charge in [-0.15, -0.1) is 0 Å². The molecule has 2 unspecified atom stereocenters. The highest BCUT2D eigenvalue weighted by molar-refractivity contribution is 6.30. The van der Waals surface area contributed by atoms with Gasteiger partial charge in [0.1, 0.15) is 5.82 Å². The van der Waals surface area contributed by atoms with Crippen molar-refractivity contribution in [2.24, 2.45) is 5.73 Å². The number of benzene rings is 1. The van der Waals surface area contributed by atoms with Gasteiger partial charge in [0.05, 0.1) is 11.1 Å². The first kappa shape index (κ1) is 12.3. The van der Waals surface area contributed by atoms with E-state index in [-0.39, 0.29) is 23.0 Å². The fourth-order valence-corrected chi connectivity index (χ4v) is 2.35. The van der Waals surface area contributed by atoms with Crippen molar-refractivity contribution in [3.8, 4) is 0 Å². The van der Waals surface area contributed by atoms with E-state index in [9.17, 15) is 9.18 Å². The summed E-state index contributed by atoms with van der Waals surface area (Å²) in [5, 5.41) is 0.0760. The molecule has 0 saturated carbocycles. The van der Waals surface area contributed by atoms with Crippen molar-refractivity contribution in [1.29, 1.82) is 0 Å². The average molecular weight is 257 g/mol. The Hall–Kier alpha value is -1.13. The van der Waals surface area contributed by atoms with Crippen molar-refractivity contribution < 1.29 is 9.18 Å². The van der Waals surface area contributed by atoms with Crippen LogP contribution in [0.1, 0.15) is 24.4 Å². The normalized spacial score (nSPS) is 25.2. The van der Waals surface area contributed by atoms with Gasteiger partial charge in [-0.05, 0) is 24.1 Å². The number of hydrogen-bond acceptors (Lipinski definition) is 2. The summed E-state index contributed by atoms with van der Waals surface area (Å²) < 4.78 is 13.4. The highest BCUT2D eigenvalue weighted by atomic mass is 35.5. The van der Waals surface area contributed by atoms with Crippen molar-refractivity contribution in [1.82, 2.24) is 4.90 Å². The molecule has 1 aromatic rings. The molecule has 2 atom stereocenters. The summed E-state index contributed by atoms with van der Waals surface area (Å²) >= 11 is 5.63. The van der Waals surface area contributed by atoms with E-state index in [0.29, 0.717) is 18.4 Å². The maximum atomic E-state index is 13.4. The van der Waals surface area contributed by atoms with Gasteiger partial charge in [-0.3, -0.25) is 4.79 Å². The summed E-state index contributed by atoms with van der Waals surface area (Å²) in [5.41, 5.74) is 6.69. The lowest BCUT2D eigenvalue weighted by Crippen LogP contribution is -2.46. The molecule has 3 nitrogen and oxygen atoms in total. The fraction of sp³-hybridized carbons (Fsp3) is 0.417. The highest BCUT2D eigenvalue weighted by Gasteiger charge is 2.32. The van der Waals surface area contributed by atoms with Crippen LogP contribution in [0, 0.1) is 5.82 Å². The smallest absolute Gasteiger partial charge is 0.222 e. The molecule has 0 aromatic heterocycles. The maximum absolute atomic E-state index is 13.4. The number of amides is 1. The van der Waals surface area contributed by atoms with Crippen molar-refractivity contribution in [3.05, 3.63) is 34.6 Å². The van der Waals surface area contributed by atoms with E-state index in [1.807, 2.05) is 0 Å². The molecule has 2 rings (SSSR count). The summed E-state index contributed by atoms with van der Waals surface area (Å²) in [6, 6.07) is 4.11. The van der Waals surface area contributed by atoms with E-state index in [2.05, 4.69) is 0 Å². The van der Waals surface area contributed by atoms with Crippen LogP contribution in [0.25, 0.3) is 0 Å². The zero-order valence-corrected chi connectivity index (χ0v) is 10.2. The second kappa shape index (κ2) is 4.63. The SMILES string of the molecule is CN1C(=O)CCC(N)C1c1ccc(Cl)c(F)c1. The number of nitrogens with zero attached hydrogens (tertiary/aromatic N) is 1. The lowest BCUT2D eigenvalue weighted by molar-refractivity contribution is -0.135. The van der Waals surface area contributed by atoms with Gasteiger partial charge in [0.15, 0.2) is 0 Å². The molecule has 1 saturated heterocycles. The molecular formula is C12H14ClFN2O. The van der Waals surface area contributed by atoms with Crippen LogP contribution in [0.4, 0.5) is 4.39 Å². The van der Waals surface area contributed by atoms with Crippen LogP contribution in [0.2, 0.25) is 5.02 Å². The number of hydrogen-bond donors (Lipinski definition) is 1. The number of halogens is 2. The maximum Gasteiger partial charge on any atom is 0.222 e. The highest BCUT2D eigenvalue weighted by Crippen LogP contribution is 2.31. The van der Waals surface area contributed by atoms with E-state index < -0.39 is 5.82 Å². The number of likely N-dealkylation sites (tertiary alicyclic amines) is 1. The molecule has 0 radical (unpaired) electrons.